The van der Waals surface area contributed by atoms with Crippen molar-refractivity contribution in [2.45, 2.75) is 25.3 Å². The lowest BCUT2D eigenvalue weighted by Crippen LogP contribution is -3.14. The first kappa shape index (κ1) is 15.7. The molecular formula is C17H23N4O2+. The smallest absolute Gasteiger partial charge is 0.298 e. The van der Waals surface area contributed by atoms with E-state index in [4.69, 9.17) is 5.73 Å². The van der Waals surface area contributed by atoms with Gasteiger partial charge in [-0.15, -0.1) is 0 Å². The van der Waals surface area contributed by atoms with Gasteiger partial charge in [0.25, 0.3) is 5.91 Å². The average Bonchev–Trinajstić information content (AvgIpc) is 3.06. The lowest BCUT2D eigenvalue weighted by atomic mass is 9.96. The molecule has 0 radical (unpaired) electrons. The zero-order chi connectivity index (χ0) is 16.2. The number of benzene rings is 1. The largest absolute Gasteiger partial charge is 0.369 e. The van der Waals surface area contributed by atoms with E-state index >= 15 is 0 Å². The Kier molecular flexibility index (Phi) is 4.71. The van der Waals surface area contributed by atoms with Crippen LogP contribution in [-0.2, 0) is 9.59 Å². The molecule has 1 fully saturated rings. The maximum atomic E-state index is 12.6. The summed E-state index contributed by atoms with van der Waals surface area (Å²) in [5.41, 5.74) is 6.47. The van der Waals surface area contributed by atoms with E-state index in [1.807, 2.05) is 36.5 Å². The van der Waals surface area contributed by atoms with E-state index in [1.165, 1.54) is 4.90 Å². The predicted octanol–water partition coefficient (Wildman–Crippen LogP) is -0.274. The summed E-state index contributed by atoms with van der Waals surface area (Å²) in [6.07, 6.45) is 4.10. The predicted molar refractivity (Wildman–Crippen MR) is 86.6 cm³/mol. The van der Waals surface area contributed by atoms with Crippen LogP contribution in [0.1, 0.15) is 30.9 Å². The van der Waals surface area contributed by atoms with E-state index in [0.29, 0.717) is 6.54 Å². The van der Waals surface area contributed by atoms with Gasteiger partial charge < -0.3 is 10.6 Å². The van der Waals surface area contributed by atoms with Crippen LogP contribution in [0.25, 0.3) is 0 Å². The van der Waals surface area contributed by atoms with Gasteiger partial charge in [-0.1, -0.05) is 30.3 Å². The molecule has 1 saturated heterocycles. The highest BCUT2D eigenvalue weighted by atomic mass is 16.2. The van der Waals surface area contributed by atoms with Gasteiger partial charge in [-0.2, -0.15) is 5.10 Å². The van der Waals surface area contributed by atoms with Crippen molar-refractivity contribution >= 4 is 18.0 Å². The van der Waals surface area contributed by atoms with Crippen LogP contribution < -0.4 is 10.6 Å². The van der Waals surface area contributed by atoms with Crippen molar-refractivity contribution in [3.05, 3.63) is 35.9 Å². The summed E-state index contributed by atoms with van der Waals surface area (Å²) >= 11 is 0. The number of carbonyl (C=O) groups is 2. The lowest BCUT2D eigenvalue weighted by Gasteiger charge is -2.29. The topological polar surface area (TPSA) is 80.2 Å². The van der Waals surface area contributed by atoms with Crippen molar-refractivity contribution in [3.8, 4) is 0 Å². The molecule has 2 heterocycles. The van der Waals surface area contributed by atoms with Crippen LogP contribution in [0.3, 0.4) is 0 Å². The molecule has 23 heavy (non-hydrogen) atoms. The standard InChI is InChI=1S/C17H22N4O2/c18-17(23)14-7-10-20(11-8-14)12-16(22)21-15(6-9-19-21)13-4-2-1-3-5-13/h1-5,9,14-15H,6-8,10-12H2,(H2,18,23)/p+1. The Morgan fingerprint density at radius 1 is 1.22 bits per heavy atom. The van der Waals surface area contributed by atoms with E-state index in [-0.39, 0.29) is 23.8 Å². The fourth-order valence-corrected chi connectivity index (χ4v) is 3.39. The maximum absolute atomic E-state index is 12.6. The SMILES string of the molecule is NC(=O)C1CC[NH+](CC(=O)N2N=CCC2c2ccccc2)CC1. The molecule has 3 N–H and O–H groups in total. The number of amides is 2. The second-order valence-electron chi connectivity index (χ2n) is 6.30. The Morgan fingerprint density at radius 3 is 2.57 bits per heavy atom. The highest BCUT2D eigenvalue weighted by Gasteiger charge is 2.32. The quantitative estimate of drug-likeness (QED) is 0.802. The minimum Gasteiger partial charge on any atom is -0.369 e. The zero-order valence-electron chi connectivity index (χ0n) is 13.1. The van der Waals surface area contributed by atoms with Gasteiger partial charge in [0.15, 0.2) is 6.54 Å². The van der Waals surface area contributed by atoms with Gasteiger partial charge in [0.1, 0.15) is 0 Å². The van der Waals surface area contributed by atoms with Gasteiger partial charge in [-0.05, 0) is 5.56 Å². The number of nitrogens with one attached hydrogen (secondary N) is 1. The minimum absolute atomic E-state index is 0.00580. The molecule has 0 aliphatic carbocycles. The average molecular weight is 315 g/mol. The molecule has 122 valence electrons. The summed E-state index contributed by atoms with van der Waals surface area (Å²) in [6.45, 7) is 2.05. The summed E-state index contributed by atoms with van der Waals surface area (Å²) in [6, 6.07) is 10.0. The fraction of sp³-hybridized carbons (Fsp3) is 0.471. The molecule has 0 bridgehead atoms. The number of hydrogen-bond donors (Lipinski definition) is 2. The van der Waals surface area contributed by atoms with E-state index in [0.717, 1.165) is 37.9 Å². The van der Waals surface area contributed by atoms with Gasteiger partial charge >= 0.3 is 0 Å². The number of quaternary nitrogens is 1. The Balaban J connectivity index is 1.58. The number of likely N-dealkylation sites (tertiary alicyclic amines) is 1. The minimum atomic E-state index is -0.219. The molecule has 1 unspecified atom stereocenters. The molecule has 0 aromatic heterocycles. The second-order valence-corrected chi connectivity index (χ2v) is 6.30. The van der Waals surface area contributed by atoms with Crippen molar-refractivity contribution in [3.63, 3.8) is 0 Å². The Morgan fingerprint density at radius 2 is 1.91 bits per heavy atom. The lowest BCUT2D eigenvalue weighted by molar-refractivity contribution is -0.898. The Hall–Kier alpha value is -2.21. The number of carbonyl (C=O) groups excluding carboxylic acids is 2. The monoisotopic (exact) mass is 315 g/mol. The van der Waals surface area contributed by atoms with Gasteiger partial charge in [0.05, 0.1) is 19.1 Å². The summed E-state index contributed by atoms with van der Waals surface area (Å²) in [4.78, 5) is 25.0. The third-order valence-corrected chi connectivity index (χ3v) is 4.77. The number of hydrazone groups is 1. The number of rotatable bonds is 4. The molecule has 1 aromatic rings. The van der Waals surface area contributed by atoms with Crippen molar-refractivity contribution in [1.82, 2.24) is 5.01 Å². The van der Waals surface area contributed by atoms with Crippen LogP contribution in [-0.4, -0.2) is 42.7 Å². The molecule has 2 aliphatic rings. The number of nitrogens with zero attached hydrogens (tertiary/aromatic N) is 2. The first-order valence-electron chi connectivity index (χ1n) is 8.17. The summed E-state index contributed by atoms with van der Waals surface area (Å²) < 4.78 is 0. The van der Waals surface area contributed by atoms with E-state index in [9.17, 15) is 9.59 Å². The first-order chi connectivity index (χ1) is 11.1. The van der Waals surface area contributed by atoms with Crippen LogP contribution in [0, 0.1) is 5.92 Å². The van der Waals surface area contributed by atoms with Crippen molar-refractivity contribution < 1.29 is 14.5 Å². The number of hydrogen-bond acceptors (Lipinski definition) is 3. The van der Waals surface area contributed by atoms with E-state index in [1.54, 1.807) is 5.01 Å². The number of nitrogens with two attached hydrogens (primary N) is 1. The van der Waals surface area contributed by atoms with Crippen LogP contribution in [0.15, 0.2) is 35.4 Å². The van der Waals surface area contributed by atoms with Crippen LogP contribution in [0.4, 0.5) is 0 Å². The third kappa shape index (κ3) is 3.59. The second kappa shape index (κ2) is 6.91. The van der Waals surface area contributed by atoms with Crippen LogP contribution in [0.2, 0.25) is 0 Å². The normalized spacial score (nSPS) is 27.1. The molecule has 6 heteroatoms. The maximum Gasteiger partial charge on any atom is 0.298 e. The van der Waals surface area contributed by atoms with E-state index in [2.05, 4.69) is 5.10 Å². The molecule has 0 spiro atoms. The third-order valence-electron chi connectivity index (χ3n) is 4.77. The van der Waals surface area contributed by atoms with Crippen LogP contribution in [0.5, 0.6) is 0 Å². The zero-order valence-corrected chi connectivity index (χ0v) is 13.1. The molecule has 3 rings (SSSR count). The highest BCUT2D eigenvalue weighted by Crippen LogP contribution is 2.27. The summed E-state index contributed by atoms with van der Waals surface area (Å²) in [7, 11) is 0. The molecule has 2 aliphatic heterocycles. The van der Waals surface area contributed by atoms with Gasteiger partial charge in [0.2, 0.25) is 5.91 Å². The fourth-order valence-electron chi connectivity index (χ4n) is 3.39. The van der Waals surface area contributed by atoms with Crippen LogP contribution >= 0.6 is 0 Å². The van der Waals surface area contributed by atoms with Crippen molar-refractivity contribution in [1.29, 1.82) is 0 Å². The Labute approximate surface area is 135 Å². The van der Waals surface area contributed by atoms with Gasteiger partial charge in [-0.3, -0.25) is 9.59 Å². The van der Waals surface area contributed by atoms with Crippen molar-refractivity contribution in [2.24, 2.45) is 16.8 Å². The summed E-state index contributed by atoms with van der Waals surface area (Å²) in [5.74, 6) is -0.209. The van der Waals surface area contributed by atoms with Gasteiger partial charge in [-0.25, -0.2) is 5.01 Å². The highest BCUT2D eigenvalue weighted by molar-refractivity contribution is 5.80. The first-order valence-corrected chi connectivity index (χ1v) is 8.17. The number of piperidine rings is 1. The number of primary amides is 1. The molecule has 0 saturated carbocycles. The Bertz CT molecular complexity index is 594. The van der Waals surface area contributed by atoms with Crippen molar-refractivity contribution in [2.75, 3.05) is 19.6 Å². The molecular weight excluding hydrogens is 292 g/mol. The molecule has 1 atom stereocenters. The van der Waals surface area contributed by atoms with E-state index < -0.39 is 0 Å². The summed E-state index contributed by atoms with van der Waals surface area (Å²) in [5, 5.41) is 5.89. The molecule has 6 nitrogen and oxygen atoms in total. The molecule has 1 aromatic carbocycles. The van der Waals surface area contributed by atoms with Gasteiger partial charge in [0, 0.05) is 31.4 Å². The molecule has 2 amide bonds.